The number of benzene rings is 4. The van der Waals surface area contributed by atoms with E-state index in [1.165, 1.54) is 0 Å². The molecule has 2 aliphatic heterocycles. The van der Waals surface area contributed by atoms with Crippen LogP contribution in [0.25, 0.3) is 11.4 Å². The first-order valence-electron chi connectivity index (χ1n) is 21.8. The maximum atomic E-state index is 13.5. The summed E-state index contributed by atoms with van der Waals surface area (Å²) in [4.78, 5) is 0. The quantitative estimate of drug-likeness (QED) is 0.0903. The van der Waals surface area contributed by atoms with Gasteiger partial charge in [-0.2, -0.15) is 0 Å². The zero-order chi connectivity index (χ0) is 47.2. The van der Waals surface area contributed by atoms with E-state index >= 15 is 0 Å². The summed E-state index contributed by atoms with van der Waals surface area (Å²) >= 11 is 0. The minimum absolute atomic E-state index is 0.242. The maximum absolute atomic E-state index is 13.5. The Labute approximate surface area is 387 Å². The molecule has 8 rings (SSSR count). The molecule has 4 heterocycles. The van der Waals surface area contributed by atoms with Crippen LogP contribution in [0.15, 0.2) is 84.9 Å². The summed E-state index contributed by atoms with van der Waals surface area (Å²) in [7, 11) is -0.947. The summed E-state index contributed by atoms with van der Waals surface area (Å²) in [6, 6.07) is 25.6. The van der Waals surface area contributed by atoms with Gasteiger partial charge in [-0.3, -0.25) is 9.13 Å². The second-order valence-electron chi connectivity index (χ2n) is 16.3. The van der Waals surface area contributed by atoms with Gasteiger partial charge in [0.1, 0.15) is 46.7 Å². The van der Waals surface area contributed by atoms with Crippen LogP contribution in [0.1, 0.15) is 108 Å². The molecule has 2 aromatic heterocycles. The number of nitrogens with zero attached hydrogens (tertiary/aromatic N) is 6. The number of ether oxygens (including phenoxy) is 6. The van der Waals surface area contributed by atoms with E-state index in [0.29, 0.717) is 70.6 Å². The molecule has 0 unspecified atom stereocenters. The van der Waals surface area contributed by atoms with Crippen LogP contribution in [0, 0.1) is 13.8 Å². The third-order valence-corrected chi connectivity index (χ3v) is 16.1. The fourth-order valence-electron chi connectivity index (χ4n) is 8.29. The van der Waals surface area contributed by atoms with Crippen molar-refractivity contribution in [3.8, 4) is 34.4 Å². The van der Waals surface area contributed by atoms with E-state index in [1.807, 2.05) is 50.2 Å². The van der Waals surface area contributed by atoms with Crippen molar-refractivity contribution >= 4 is 19.7 Å². The standard InChI is InChI=1S/2C24H29N3O5S/c2*1-16-8-5-11-20(31-4)23(16)27-22(25-26-24(27)21-12-7-13-32-21)15-33(28,29)17(2)18-9-6-10-19(14-18)30-3/h2*5-6,8-11,14,17,21H,7,12-13,15H2,1-4H3/t17-,21+;17-,21-/m00/s1. The zero-order valence-electron chi connectivity index (χ0n) is 38.6. The van der Waals surface area contributed by atoms with Crippen molar-refractivity contribution < 1.29 is 45.3 Å². The van der Waals surface area contributed by atoms with Crippen molar-refractivity contribution in [2.45, 2.75) is 87.6 Å². The first-order chi connectivity index (χ1) is 31.7. The molecule has 0 aliphatic carbocycles. The Bertz CT molecular complexity index is 2660. The monoisotopic (exact) mass is 942 g/mol. The average Bonchev–Trinajstić information content (AvgIpc) is 4.18. The molecule has 0 saturated carbocycles. The van der Waals surface area contributed by atoms with E-state index in [0.717, 1.165) is 48.2 Å². The van der Waals surface area contributed by atoms with Crippen molar-refractivity contribution in [1.29, 1.82) is 0 Å². The molecule has 6 aromatic rings. The molecular formula is C48H58N6O10S2. The van der Waals surface area contributed by atoms with E-state index in [9.17, 15) is 16.8 Å². The number of hydrogen-bond acceptors (Lipinski definition) is 14. The van der Waals surface area contributed by atoms with Crippen LogP contribution in [0.4, 0.5) is 0 Å². The molecule has 2 aliphatic rings. The summed E-state index contributed by atoms with van der Waals surface area (Å²) in [6.07, 6.45) is 2.97. The fraction of sp³-hybridized carbons (Fsp3) is 0.417. The Hall–Kier alpha value is -5.82. The van der Waals surface area contributed by atoms with Gasteiger partial charge in [0.05, 0.1) is 50.3 Å². The van der Waals surface area contributed by atoms with Crippen molar-refractivity contribution in [2.75, 3.05) is 41.7 Å². The van der Waals surface area contributed by atoms with Gasteiger partial charge in [-0.1, -0.05) is 48.5 Å². The molecule has 0 amide bonds. The van der Waals surface area contributed by atoms with Crippen LogP contribution in [0.3, 0.4) is 0 Å². The van der Waals surface area contributed by atoms with Gasteiger partial charge in [-0.25, -0.2) is 16.8 Å². The lowest BCUT2D eigenvalue weighted by Crippen LogP contribution is -2.18. The lowest BCUT2D eigenvalue weighted by molar-refractivity contribution is 0.103. The van der Waals surface area contributed by atoms with Crippen LogP contribution in [-0.2, 0) is 40.7 Å². The minimum atomic E-state index is -3.62. The number of aromatic nitrogens is 6. The Morgan fingerprint density at radius 3 is 1.32 bits per heavy atom. The first-order valence-corrected chi connectivity index (χ1v) is 25.2. The molecule has 66 heavy (non-hydrogen) atoms. The Kier molecular flexibility index (Phi) is 15.2. The fourth-order valence-corrected chi connectivity index (χ4v) is 11.0. The van der Waals surface area contributed by atoms with Gasteiger partial charge in [0.15, 0.2) is 43.0 Å². The van der Waals surface area contributed by atoms with Crippen LogP contribution in [0.2, 0.25) is 0 Å². The third-order valence-electron chi connectivity index (χ3n) is 12.1. The molecule has 2 saturated heterocycles. The van der Waals surface area contributed by atoms with Crippen LogP contribution in [0.5, 0.6) is 23.0 Å². The maximum Gasteiger partial charge on any atom is 0.167 e. The van der Waals surface area contributed by atoms with E-state index in [-0.39, 0.29) is 23.7 Å². The molecule has 18 heteroatoms. The van der Waals surface area contributed by atoms with Crippen LogP contribution >= 0.6 is 0 Å². The minimum Gasteiger partial charge on any atom is -0.497 e. The SMILES string of the molecule is COc1cccc([C@H](C)S(=O)(=O)Cc2nnc([C@@H]3CCCO3)n2-c2c(C)cccc2OC)c1.COc1cccc([C@H](C)S(=O)(=O)Cc2nnc([C@H]3CCCO3)n2-c2c(C)cccc2OC)c1. The van der Waals surface area contributed by atoms with E-state index < -0.39 is 30.2 Å². The lowest BCUT2D eigenvalue weighted by Gasteiger charge is -2.19. The van der Waals surface area contributed by atoms with Crippen molar-refractivity contribution in [3.05, 3.63) is 130 Å². The van der Waals surface area contributed by atoms with E-state index in [4.69, 9.17) is 28.4 Å². The predicted octanol–water partition coefficient (Wildman–Crippen LogP) is 8.24. The van der Waals surface area contributed by atoms with E-state index in [2.05, 4.69) is 20.4 Å². The number of para-hydroxylation sites is 2. The smallest absolute Gasteiger partial charge is 0.167 e. The highest BCUT2D eigenvalue weighted by molar-refractivity contribution is 7.91. The van der Waals surface area contributed by atoms with Gasteiger partial charge in [0, 0.05) is 13.2 Å². The van der Waals surface area contributed by atoms with Crippen molar-refractivity contribution in [1.82, 2.24) is 29.5 Å². The van der Waals surface area contributed by atoms with Gasteiger partial charge < -0.3 is 28.4 Å². The Balaban J connectivity index is 0.000000196. The summed E-state index contributed by atoms with van der Waals surface area (Å²) in [5.74, 6) is 3.78. The molecule has 0 bridgehead atoms. The highest BCUT2D eigenvalue weighted by Gasteiger charge is 2.34. The number of methoxy groups -OCH3 is 4. The van der Waals surface area contributed by atoms with Gasteiger partial charge in [-0.05, 0) is 112 Å². The normalized spacial score (nSPS) is 17.2. The van der Waals surface area contributed by atoms with Crippen LogP contribution in [-0.4, -0.2) is 88.0 Å². The van der Waals surface area contributed by atoms with Crippen LogP contribution < -0.4 is 18.9 Å². The lowest BCUT2D eigenvalue weighted by atomic mass is 10.1. The second kappa shape index (κ2) is 20.8. The van der Waals surface area contributed by atoms with Gasteiger partial charge in [-0.15, -0.1) is 20.4 Å². The number of rotatable bonds is 16. The molecule has 0 spiro atoms. The number of hydrogen-bond donors (Lipinski definition) is 0. The Morgan fingerprint density at radius 1 is 0.576 bits per heavy atom. The zero-order valence-corrected chi connectivity index (χ0v) is 40.3. The predicted molar refractivity (Wildman–Crippen MR) is 249 cm³/mol. The molecule has 16 nitrogen and oxygen atoms in total. The summed E-state index contributed by atoms with van der Waals surface area (Å²) in [5, 5.41) is 15.9. The molecule has 4 atom stereocenters. The molecule has 352 valence electrons. The highest BCUT2D eigenvalue weighted by atomic mass is 32.2. The molecule has 0 radical (unpaired) electrons. The molecule has 0 N–H and O–H groups in total. The molecule has 2 fully saturated rings. The second-order valence-corrected chi connectivity index (χ2v) is 21.0. The largest absolute Gasteiger partial charge is 0.497 e. The summed E-state index contributed by atoms with van der Waals surface area (Å²) in [5.41, 5.74) is 4.63. The third kappa shape index (κ3) is 10.3. The first kappa shape index (κ1) is 48.1. The number of aryl methyl sites for hydroxylation is 2. The van der Waals surface area contributed by atoms with Gasteiger partial charge >= 0.3 is 0 Å². The summed E-state index contributed by atoms with van der Waals surface area (Å²) in [6.45, 7) is 8.55. The van der Waals surface area contributed by atoms with Gasteiger partial charge in [0.25, 0.3) is 0 Å². The van der Waals surface area contributed by atoms with Gasteiger partial charge in [0.2, 0.25) is 0 Å². The van der Waals surface area contributed by atoms with Crippen molar-refractivity contribution in [3.63, 3.8) is 0 Å². The average molecular weight is 943 g/mol. The topological polar surface area (TPSA) is 185 Å². The highest BCUT2D eigenvalue weighted by Crippen LogP contribution is 2.38. The number of sulfone groups is 2. The summed E-state index contributed by atoms with van der Waals surface area (Å²) < 4.78 is 91.0. The Morgan fingerprint density at radius 2 is 0.970 bits per heavy atom. The molecular weight excluding hydrogens is 885 g/mol. The molecule has 4 aromatic carbocycles. The van der Waals surface area contributed by atoms with E-state index in [1.54, 1.807) is 100.0 Å². The van der Waals surface area contributed by atoms with Crippen molar-refractivity contribution in [2.24, 2.45) is 0 Å².